The van der Waals surface area contributed by atoms with E-state index in [2.05, 4.69) is 15.5 Å². The molecular formula is C24H27FN4O3S. The third kappa shape index (κ3) is 8.11. The first-order valence-electron chi connectivity index (χ1n) is 10.3. The van der Waals surface area contributed by atoms with Gasteiger partial charge in [0.2, 0.25) is 0 Å². The fourth-order valence-corrected chi connectivity index (χ4v) is 3.44. The minimum Gasteiger partial charge on any atom is -0.352 e. The predicted octanol–water partition coefficient (Wildman–Crippen LogP) is 5.24. The van der Waals surface area contributed by atoms with Gasteiger partial charge in [0.05, 0.1) is 12.1 Å². The lowest BCUT2D eigenvalue weighted by molar-refractivity contribution is -0.191. The molecule has 1 amide bonds. The molecule has 2 aromatic carbocycles. The van der Waals surface area contributed by atoms with Gasteiger partial charge < -0.3 is 15.5 Å². The van der Waals surface area contributed by atoms with E-state index in [1.165, 1.54) is 12.1 Å². The van der Waals surface area contributed by atoms with E-state index in [0.29, 0.717) is 23.0 Å². The Bertz CT molecular complexity index is 1060. The molecule has 33 heavy (non-hydrogen) atoms. The van der Waals surface area contributed by atoms with Gasteiger partial charge in [-0.05, 0) is 75.3 Å². The minimum absolute atomic E-state index is 0.0165. The smallest absolute Gasteiger partial charge is 0.352 e. The quantitative estimate of drug-likeness (QED) is 0.327. The van der Waals surface area contributed by atoms with Crippen molar-refractivity contribution in [3.05, 3.63) is 64.8 Å². The summed E-state index contributed by atoms with van der Waals surface area (Å²) in [5.74, 6) is -1.01. The molecule has 0 fully saturated rings. The number of thiocarbonyl (C=S) groups is 1. The van der Waals surface area contributed by atoms with E-state index < -0.39 is 11.7 Å². The number of nitrogens with one attached hydrogen (secondary N) is 2. The third-order valence-corrected chi connectivity index (χ3v) is 4.89. The topological polar surface area (TPSA) is 82.9 Å². The molecule has 0 heterocycles. The fraction of sp³-hybridized carbons (Fsp3) is 0.333. The lowest BCUT2D eigenvalue weighted by atomic mass is 10.1. The van der Waals surface area contributed by atoms with Gasteiger partial charge in [-0.3, -0.25) is 4.79 Å². The van der Waals surface area contributed by atoms with Gasteiger partial charge >= 0.3 is 6.15 Å². The molecule has 0 spiro atoms. The Labute approximate surface area is 198 Å². The molecule has 0 bridgehead atoms. The van der Waals surface area contributed by atoms with Gasteiger partial charge in [-0.15, -0.1) is 0 Å². The van der Waals surface area contributed by atoms with Crippen LogP contribution in [0.25, 0.3) is 4.85 Å². The number of unbranched alkanes of at least 4 members (excludes halogenated alkanes) is 1. The van der Waals surface area contributed by atoms with E-state index in [1.54, 1.807) is 23.1 Å². The van der Waals surface area contributed by atoms with Gasteiger partial charge in [-0.2, -0.15) is 9.59 Å². The second-order valence-electron chi connectivity index (χ2n) is 7.36. The molecule has 0 radical (unpaired) electrons. The van der Waals surface area contributed by atoms with Gasteiger partial charge in [-0.25, -0.2) is 9.24 Å². The van der Waals surface area contributed by atoms with Crippen molar-refractivity contribution in [3.8, 4) is 0 Å². The van der Waals surface area contributed by atoms with Gasteiger partial charge in [0.25, 0.3) is 5.91 Å². The Hall–Kier alpha value is -3.60. The van der Waals surface area contributed by atoms with Gasteiger partial charge in [0.15, 0.2) is 10.8 Å². The van der Waals surface area contributed by atoms with Crippen molar-refractivity contribution in [3.63, 3.8) is 0 Å². The Morgan fingerprint density at radius 3 is 2.42 bits per heavy atom. The predicted molar refractivity (Wildman–Crippen MR) is 130 cm³/mol. The molecule has 0 saturated carbocycles. The summed E-state index contributed by atoms with van der Waals surface area (Å²) in [6, 6.07) is 9.84. The summed E-state index contributed by atoms with van der Waals surface area (Å²) in [7, 11) is 0. The summed E-state index contributed by atoms with van der Waals surface area (Å²) in [6.07, 6.45) is 2.05. The highest BCUT2D eigenvalue weighted by molar-refractivity contribution is 7.80. The molecule has 2 aromatic rings. The molecule has 0 unspecified atom stereocenters. The lowest BCUT2D eigenvalue weighted by Crippen LogP contribution is -2.40. The van der Waals surface area contributed by atoms with Crippen LogP contribution in [0.4, 0.5) is 21.5 Å². The third-order valence-electron chi connectivity index (χ3n) is 4.60. The van der Waals surface area contributed by atoms with E-state index in [4.69, 9.17) is 28.4 Å². The zero-order chi connectivity index (χ0) is 25.0. The Kier molecular flexibility index (Phi) is 11.4. The second kappa shape index (κ2) is 13.7. The molecule has 0 atom stereocenters. The fourth-order valence-electron chi connectivity index (χ4n) is 3.00. The number of hydrogen-bond acceptors (Lipinski definition) is 4. The number of carbonyl (C=O) groups is 1. The number of carbonyl (C=O) groups excluding carboxylic acids is 3. The highest BCUT2D eigenvalue weighted by Crippen LogP contribution is 2.25. The molecule has 7 nitrogen and oxygen atoms in total. The summed E-state index contributed by atoms with van der Waals surface area (Å²) in [4.78, 5) is 33.7. The van der Waals surface area contributed by atoms with Crippen LogP contribution >= 0.6 is 12.2 Å². The Morgan fingerprint density at radius 1 is 1.24 bits per heavy atom. The first kappa shape index (κ1) is 27.4. The van der Waals surface area contributed by atoms with E-state index in [0.717, 1.165) is 24.1 Å². The van der Waals surface area contributed by atoms with Crippen LogP contribution < -0.4 is 15.5 Å². The summed E-state index contributed by atoms with van der Waals surface area (Å²) in [5, 5.41) is 6.29. The van der Waals surface area contributed by atoms with Crippen molar-refractivity contribution in [1.82, 2.24) is 5.32 Å². The van der Waals surface area contributed by atoms with Crippen LogP contribution in [0.2, 0.25) is 0 Å². The molecule has 174 valence electrons. The Morgan fingerprint density at radius 2 is 1.91 bits per heavy atom. The van der Waals surface area contributed by atoms with Crippen LogP contribution in [0.1, 0.15) is 49.5 Å². The van der Waals surface area contributed by atoms with Crippen molar-refractivity contribution in [2.75, 3.05) is 16.8 Å². The molecule has 0 aromatic heterocycles. The first-order valence-corrected chi connectivity index (χ1v) is 10.8. The molecule has 0 aliphatic carbocycles. The van der Waals surface area contributed by atoms with Crippen molar-refractivity contribution in [2.45, 2.75) is 46.6 Å². The van der Waals surface area contributed by atoms with Crippen molar-refractivity contribution < 1.29 is 18.8 Å². The zero-order valence-corrected chi connectivity index (χ0v) is 19.9. The second-order valence-corrected chi connectivity index (χ2v) is 7.75. The number of benzene rings is 2. The maximum absolute atomic E-state index is 14.7. The maximum Gasteiger partial charge on any atom is 0.373 e. The van der Waals surface area contributed by atoms with Crippen LogP contribution in [0.3, 0.4) is 0 Å². The number of rotatable bonds is 7. The van der Waals surface area contributed by atoms with E-state index in [-0.39, 0.29) is 17.8 Å². The van der Waals surface area contributed by atoms with E-state index in [9.17, 15) is 9.18 Å². The number of halogens is 1. The number of amides is 1. The zero-order valence-electron chi connectivity index (χ0n) is 19.1. The highest BCUT2D eigenvalue weighted by atomic mass is 32.1. The molecule has 0 aliphatic heterocycles. The molecule has 0 aliphatic rings. The van der Waals surface area contributed by atoms with Crippen LogP contribution in [0.5, 0.6) is 0 Å². The molecule has 2 rings (SSSR count). The van der Waals surface area contributed by atoms with Crippen molar-refractivity contribution >= 4 is 46.5 Å². The largest absolute Gasteiger partial charge is 0.373 e. The van der Waals surface area contributed by atoms with Crippen LogP contribution in [-0.4, -0.2) is 29.8 Å². The average molecular weight is 471 g/mol. The molecular weight excluding hydrogens is 443 g/mol. The van der Waals surface area contributed by atoms with Crippen molar-refractivity contribution in [1.29, 1.82) is 0 Å². The molecule has 2 N–H and O–H groups in total. The normalized spacial score (nSPS) is 9.73. The average Bonchev–Trinajstić information content (AvgIpc) is 2.74. The number of nitrogens with zero attached hydrogens (tertiary/aromatic N) is 2. The first-order chi connectivity index (χ1) is 15.7. The van der Waals surface area contributed by atoms with Gasteiger partial charge in [-0.1, -0.05) is 19.4 Å². The maximum atomic E-state index is 14.7. The summed E-state index contributed by atoms with van der Waals surface area (Å²) < 4.78 is 14.7. The summed E-state index contributed by atoms with van der Waals surface area (Å²) in [6.45, 7) is 15.5. The number of hydrogen-bond donors (Lipinski definition) is 2. The lowest BCUT2D eigenvalue weighted by Gasteiger charge is -2.30. The monoisotopic (exact) mass is 470 g/mol. The summed E-state index contributed by atoms with van der Waals surface area (Å²) >= 11 is 5.57. The van der Waals surface area contributed by atoms with E-state index >= 15 is 0 Å². The van der Waals surface area contributed by atoms with Crippen LogP contribution in [-0.2, 0) is 9.59 Å². The SMILES string of the molecule is O=C=O.[C-]#[N+]c1ccc(NC(=S)N(c2ccc(C(=O)NCCCC)c(F)c2)C(C)C)cc1C. The van der Waals surface area contributed by atoms with Gasteiger partial charge in [0, 0.05) is 24.0 Å². The van der Waals surface area contributed by atoms with Crippen LogP contribution in [0.15, 0.2) is 36.4 Å². The molecule has 0 saturated heterocycles. The van der Waals surface area contributed by atoms with E-state index in [1.807, 2.05) is 33.8 Å². The van der Waals surface area contributed by atoms with Crippen molar-refractivity contribution in [2.24, 2.45) is 0 Å². The molecule has 9 heteroatoms. The standard InChI is InChI=1S/C23H27FN4OS.CO2/c1-6-7-12-26-22(29)19-10-9-18(14-20(19)24)28(15(2)3)23(30)27-17-8-11-21(25-5)16(4)13-17;2-1-3/h8-11,13-15H,6-7,12H2,1-4H3,(H,26,29)(H,27,30);. The van der Waals surface area contributed by atoms with Crippen LogP contribution in [0, 0.1) is 19.3 Å². The Balaban J connectivity index is 0.00000172. The number of aryl methyl sites for hydroxylation is 1. The summed E-state index contributed by atoms with van der Waals surface area (Å²) in [5.41, 5.74) is 2.76. The number of anilines is 2. The minimum atomic E-state index is -0.591. The van der Waals surface area contributed by atoms with Gasteiger partial charge in [0.1, 0.15) is 5.82 Å². The highest BCUT2D eigenvalue weighted by Gasteiger charge is 2.19.